The van der Waals surface area contributed by atoms with Crippen LogP contribution in [0, 0.1) is 0 Å². The van der Waals surface area contributed by atoms with E-state index in [2.05, 4.69) is 27.9 Å². The molecule has 3 heteroatoms. The molecular weight excluding hydrogens is 307 g/mol. The van der Waals surface area contributed by atoms with Crippen LogP contribution in [0.3, 0.4) is 0 Å². The van der Waals surface area contributed by atoms with Gasteiger partial charge < -0.3 is 0 Å². The van der Waals surface area contributed by atoms with Gasteiger partial charge in [0.1, 0.15) is 0 Å². The second-order valence-electron chi connectivity index (χ2n) is 2.55. The Morgan fingerprint density at radius 1 is 1.00 bits per heavy atom. The van der Waals surface area contributed by atoms with Crippen LogP contribution in [-0.2, 0) is 0 Å². The summed E-state index contributed by atoms with van der Waals surface area (Å²) >= 11 is 7.40. The molecule has 0 atom stereocenters. The van der Waals surface area contributed by atoms with Crippen molar-refractivity contribution in [3.63, 3.8) is 0 Å². The van der Waals surface area contributed by atoms with E-state index in [-0.39, 0.29) is 0 Å². The Kier molecular flexibility index (Phi) is 4.22. The second-order valence-corrected chi connectivity index (χ2v) is 18.1. The van der Waals surface area contributed by atoms with Crippen LogP contribution in [0.2, 0.25) is 4.71 Å². The monoisotopic (exact) mass is 316 g/mol. The molecule has 0 spiro atoms. The summed E-state index contributed by atoms with van der Waals surface area (Å²) in [5.41, 5.74) is 0. The van der Waals surface area contributed by atoms with E-state index in [0.717, 1.165) is 4.71 Å². The van der Waals surface area contributed by atoms with E-state index in [1.54, 1.807) is 0 Å². The van der Waals surface area contributed by atoms with Gasteiger partial charge in [-0.2, -0.15) is 0 Å². The molecule has 0 radical (unpaired) electrons. The second kappa shape index (κ2) is 4.41. The Labute approximate surface area is 75.2 Å². The molecule has 1 rings (SSSR count). The van der Waals surface area contributed by atoms with E-state index in [0.29, 0.717) is 0 Å². The fourth-order valence-corrected chi connectivity index (χ4v) is 7.12. The van der Waals surface area contributed by atoms with E-state index in [4.69, 9.17) is 0 Å². The first-order valence-corrected chi connectivity index (χ1v) is 13.3. The maximum absolute atomic E-state index is 3.70. The van der Waals surface area contributed by atoms with Gasteiger partial charge in [0, 0.05) is 0 Å². The fraction of sp³-hybridized carbons (Fsp3) is 1.00. The topological polar surface area (TPSA) is 0 Å². The van der Waals surface area contributed by atoms with Gasteiger partial charge in [0.2, 0.25) is 0 Å². The van der Waals surface area contributed by atoms with Gasteiger partial charge in [-0.25, -0.2) is 0 Å². The average molecular weight is 318 g/mol. The van der Waals surface area contributed by atoms with Crippen LogP contribution < -0.4 is 0 Å². The van der Waals surface area contributed by atoms with Crippen molar-refractivity contribution in [2.75, 3.05) is 0 Å². The van der Waals surface area contributed by atoms with Crippen LogP contribution in [0.25, 0.3) is 0 Å². The summed E-state index contributed by atoms with van der Waals surface area (Å²) in [6.07, 6.45) is 7.34. The Bertz CT molecular complexity index is 79.1. The Morgan fingerprint density at radius 2 is 1.56 bits per heavy atom. The molecule has 1 fully saturated rings. The van der Waals surface area contributed by atoms with Crippen molar-refractivity contribution >= 4 is 38.8 Å². The molecule has 0 bridgehead atoms. The summed E-state index contributed by atoms with van der Waals surface area (Å²) in [7, 11) is -0.686. The van der Waals surface area contributed by atoms with E-state index < -0.39 is 10.9 Å². The molecule has 0 saturated heterocycles. The van der Waals surface area contributed by atoms with E-state index >= 15 is 0 Å². The summed E-state index contributed by atoms with van der Waals surface area (Å²) in [5, 5.41) is 0. The number of rotatable bonds is 1. The van der Waals surface area contributed by atoms with Crippen molar-refractivity contribution in [3.8, 4) is 0 Å². The van der Waals surface area contributed by atoms with Crippen molar-refractivity contribution in [1.82, 2.24) is 0 Å². The maximum atomic E-state index is 3.70. The first-order chi connectivity index (χ1) is 4.30. The standard InChI is InChI=1S/C6H11AsBr2/c8-7(9)6-4-2-1-3-5-6/h6H,1-5H2. The Hall–Kier alpha value is 1.52. The first-order valence-electron chi connectivity index (χ1n) is 3.41. The molecule has 1 saturated carbocycles. The van der Waals surface area contributed by atoms with Gasteiger partial charge in [0.25, 0.3) is 0 Å². The zero-order valence-corrected chi connectivity index (χ0v) is 10.4. The predicted molar refractivity (Wildman–Crippen MR) is 50.4 cm³/mol. The van der Waals surface area contributed by atoms with Gasteiger partial charge in [-0.1, -0.05) is 0 Å². The third-order valence-corrected chi connectivity index (χ3v) is 10.1. The van der Waals surface area contributed by atoms with Gasteiger partial charge in [0.05, 0.1) is 0 Å². The van der Waals surface area contributed by atoms with Crippen molar-refractivity contribution in [2.24, 2.45) is 0 Å². The van der Waals surface area contributed by atoms with Crippen LogP contribution in [-0.4, -0.2) is 10.9 Å². The zero-order chi connectivity index (χ0) is 6.69. The minimum atomic E-state index is -0.686. The van der Waals surface area contributed by atoms with Gasteiger partial charge in [-0.3, -0.25) is 0 Å². The molecule has 0 N–H and O–H groups in total. The summed E-state index contributed by atoms with van der Waals surface area (Å²) in [5.74, 6) is 0. The fourth-order valence-electron chi connectivity index (χ4n) is 1.28. The molecule has 54 valence electrons. The van der Waals surface area contributed by atoms with Gasteiger partial charge in [-0.05, 0) is 0 Å². The van der Waals surface area contributed by atoms with Crippen LogP contribution in [0.5, 0.6) is 0 Å². The van der Waals surface area contributed by atoms with E-state index in [1.807, 2.05) is 0 Å². The van der Waals surface area contributed by atoms with Crippen LogP contribution in [0.1, 0.15) is 32.1 Å². The van der Waals surface area contributed by atoms with Crippen molar-refractivity contribution in [2.45, 2.75) is 36.8 Å². The van der Waals surface area contributed by atoms with E-state index in [9.17, 15) is 0 Å². The number of halogens is 2. The van der Waals surface area contributed by atoms with Gasteiger partial charge in [-0.15, -0.1) is 0 Å². The molecule has 0 amide bonds. The van der Waals surface area contributed by atoms with Crippen LogP contribution >= 0.6 is 27.9 Å². The molecule has 0 nitrogen and oxygen atoms in total. The third-order valence-electron chi connectivity index (χ3n) is 1.85. The molecule has 0 aliphatic heterocycles. The summed E-state index contributed by atoms with van der Waals surface area (Å²) in [4.78, 5) is 0. The number of hydrogen-bond donors (Lipinski definition) is 0. The zero-order valence-electron chi connectivity index (χ0n) is 5.32. The molecule has 9 heavy (non-hydrogen) atoms. The molecule has 0 aromatic heterocycles. The van der Waals surface area contributed by atoms with Gasteiger partial charge in [0.15, 0.2) is 0 Å². The Balaban J connectivity index is 2.23. The van der Waals surface area contributed by atoms with Crippen LogP contribution in [0.15, 0.2) is 0 Å². The molecule has 0 unspecified atom stereocenters. The summed E-state index contributed by atoms with van der Waals surface area (Å²) in [6.45, 7) is 0. The number of hydrogen-bond acceptors (Lipinski definition) is 0. The van der Waals surface area contributed by atoms with Crippen LogP contribution in [0.4, 0.5) is 0 Å². The van der Waals surface area contributed by atoms with Crippen molar-refractivity contribution in [1.29, 1.82) is 0 Å². The Morgan fingerprint density at radius 3 is 1.89 bits per heavy atom. The SMILES string of the molecule is Br[As](Br)C1CCCCC1. The molecular formula is C6H11AsBr2. The first kappa shape index (κ1) is 8.61. The normalized spacial score (nSPS) is 23.0. The van der Waals surface area contributed by atoms with Crippen molar-refractivity contribution in [3.05, 3.63) is 0 Å². The molecule has 0 heterocycles. The van der Waals surface area contributed by atoms with Crippen molar-refractivity contribution < 1.29 is 0 Å². The third kappa shape index (κ3) is 2.94. The van der Waals surface area contributed by atoms with E-state index in [1.165, 1.54) is 32.1 Å². The minimum absolute atomic E-state index is 0.686. The quantitative estimate of drug-likeness (QED) is 0.648. The summed E-state index contributed by atoms with van der Waals surface area (Å²) in [6, 6.07) is 0. The molecule has 1 aliphatic carbocycles. The summed E-state index contributed by atoms with van der Waals surface area (Å²) < 4.78 is 1.03. The molecule has 1 aliphatic rings. The average Bonchev–Trinajstić information content (AvgIpc) is 1.90. The molecule has 0 aromatic carbocycles. The molecule has 0 aromatic rings. The predicted octanol–water partition coefficient (Wildman–Crippen LogP) is 3.60. The van der Waals surface area contributed by atoms with Gasteiger partial charge >= 0.3 is 75.6 Å².